The van der Waals surface area contributed by atoms with Gasteiger partial charge in [0.2, 0.25) is 0 Å². The molecular weight excluding hydrogens is 370 g/mol. The lowest BCUT2D eigenvalue weighted by molar-refractivity contribution is 0.332. The molecule has 0 radical (unpaired) electrons. The van der Waals surface area contributed by atoms with Crippen molar-refractivity contribution in [2.45, 2.75) is 19.0 Å². The van der Waals surface area contributed by atoms with Crippen molar-refractivity contribution in [2.24, 2.45) is 0 Å². The van der Waals surface area contributed by atoms with Gasteiger partial charge in [-0.15, -0.1) is 0 Å². The smallest absolute Gasteiger partial charge is 0.174 e. The second kappa shape index (κ2) is 8.01. The lowest BCUT2D eigenvalue weighted by Gasteiger charge is -2.31. The highest BCUT2D eigenvalue weighted by atomic mass is 32.2. The van der Waals surface area contributed by atoms with E-state index in [2.05, 4.69) is 10.3 Å². The van der Waals surface area contributed by atoms with E-state index in [0.717, 1.165) is 17.0 Å². The van der Waals surface area contributed by atoms with Crippen LogP contribution in [0, 0.1) is 0 Å². The molecule has 1 aliphatic rings. The molecule has 0 spiro atoms. The zero-order valence-corrected chi connectivity index (χ0v) is 16.1. The Bertz CT molecular complexity index is 872. The summed E-state index contributed by atoms with van der Waals surface area (Å²) < 4.78 is 29.1. The first kappa shape index (κ1) is 18.6. The van der Waals surface area contributed by atoms with Crippen LogP contribution in [0.15, 0.2) is 48.8 Å². The number of hydrogen-bond donors (Lipinski definition) is 1. The number of rotatable bonds is 5. The maximum absolute atomic E-state index is 11.9. The molecule has 0 aliphatic carbocycles. The second-order valence-electron chi connectivity index (χ2n) is 6.21. The van der Waals surface area contributed by atoms with E-state index in [0.29, 0.717) is 18.1 Å². The number of nitrogens with one attached hydrogen (secondary N) is 1. The van der Waals surface area contributed by atoms with Crippen LogP contribution in [0.1, 0.15) is 12.0 Å². The molecule has 8 heteroatoms. The van der Waals surface area contributed by atoms with Crippen LogP contribution in [0.5, 0.6) is 5.75 Å². The fourth-order valence-corrected chi connectivity index (χ4v) is 5.03. The van der Waals surface area contributed by atoms with E-state index in [4.69, 9.17) is 17.0 Å². The van der Waals surface area contributed by atoms with E-state index >= 15 is 0 Å². The molecule has 1 aliphatic heterocycles. The molecule has 3 rings (SSSR count). The van der Waals surface area contributed by atoms with Crippen molar-refractivity contribution in [3.8, 4) is 5.75 Å². The number of hydrogen-bond acceptors (Lipinski definition) is 5. The highest BCUT2D eigenvalue weighted by molar-refractivity contribution is 7.91. The van der Waals surface area contributed by atoms with E-state index < -0.39 is 9.84 Å². The quantitative estimate of drug-likeness (QED) is 0.785. The highest BCUT2D eigenvalue weighted by Gasteiger charge is 2.33. The summed E-state index contributed by atoms with van der Waals surface area (Å²) in [5.41, 5.74) is 1.78. The Kier molecular flexibility index (Phi) is 5.73. The third kappa shape index (κ3) is 4.70. The first-order chi connectivity index (χ1) is 12.5. The molecule has 1 N–H and O–H groups in total. The van der Waals surface area contributed by atoms with Gasteiger partial charge in [-0.3, -0.25) is 4.98 Å². The highest BCUT2D eigenvalue weighted by Crippen LogP contribution is 2.22. The van der Waals surface area contributed by atoms with Gasteiger partial charge in [0, 0.05) is 36.7 Å². The molecule has 1 aromatic heterocycles. The van der Waals surface area contributed by atoms with Gasteiger partial charge in [0.25, 0.3) is 0 Å². The fourth-order valence-electron chi connectivity index (χ4n) is 2.97. The number of methoxy groups -OCH3 is 1. The molecule has 2 aromatic rings. The zero-order valence-electron chi connectivity index (χ0n) is 14.5. The van der Waals surface area contributed by atoms with Crippen molar-refractivity contribution in [1.82, 2.24) is 9.88 Å². The Morgan fingerprint density at radius 1 is 1.38 bits per heavy atom. The number of nitrogens with zero attached hydrogens (tertiary/aromatic N) is 2. The number of ether oxygens (including phenoxy) is 1. The number of sulfone groups is 1. The van der Waals surface area contributed by atoms with E-state index in [1.54, 1.807) is 19.5 Å². The normalized spacial score (nSPS) is 18.3. The van der Waals surface area contributed by atoms with Gasteiger partial charge >= 0.3 is 0 Å². The average Bonchev–Trinajstić information content (AvgIpc) is 3.00. The van der Waals surface area contributed by atoms with Gasteiger partial charge in [0.1, 0.15) is 5.75 Å². The standard InChI is InChI=1S/C18H21N3O3S2/c1-24-17-6-2-5-15(10-17)20-18(25)21(12-14-4-3-8-19-11-14)16-7-9-26(22,23)13-16/h2-6,8,10-11,16H,7,9,12-13H2,1H3,(H,20,25)/t16-/m1/s1. The van der Waals surface area contributed by atoms with Crippen LogP contribution in [-0.2, 0) is 16.4 Å². The summed E-state index contributed by atoms with van der Waals surface area (Å²) in [7, 11) is -1.41. The SMILES string of the molecule is COc1cccc(NC(=S)N(Cc2cccnc2)[C@@H]2CCS(=O)(=O)C2)c1. The van der Waals surface area contributed by atoms with E-state index in [1.807, 2.05) is 41.3 Å². The first-order valence-electron chi connectivity index (χ1n) is 8.28. The monoisotopic (exact) mass is 391 g/mol. The fraction of sp³-hybridized carbons (Fsp3) is 0.333. The lowest BCUT2D eigenvalue weighted by Crippen LogP contribution is -2.43. The predicted octanol–water partition coefficient (Wildman–Crippen LogP) is 2.48. The van der Waals surface area contributed by atoms with Crippen LogP contribution in [-0.4, -0.2) is 48.1 Å². The van der Waals surface area contributed by atoms with Crippen molar-refractivity contribution in [3.63, 3.8) is 0 Å². The Hall–Kier alpha value is -2.19. The van der Waals surface area contributed by atoms with Crippen LogP contribution in [0.3, 0.4) is 0 Å². The maximum atomic E-state index is 11.9. The second-order valence-corrected chi connectivity index (χ2v) is 8.82. The molecule has 0 unspecified atom stereocenters. The summed E-state index contributed by atoms with van der Waals surface area (Å²) >= 11 is 5.61. The van der Waals surface area contributed by atoms with Crippen molar-refractivity contribution >= 4 is 32.9 Å². The summed E-state index contributed by atoms with van der Waals surface area (Å²) in [6.07, 6.45) is 4.05. The molecular formula is C18H21N3O3S2. The van der Waals surface area contributed by atoms with Gasteiger partial charge in [-0.05, 0) is 42.4 Å². The minimum Gasteiger partial charge on any atom is -0.497 e. The predicted molar refractivity (Wildman–Crippen MR) is 106 cm³/mol. The molecule has 0 saturated carbocycles. The van der Waals surface area contributed by atoms with Crippen LogP contribution in [0.2, 0.25) is 0 Å². The van der Waals surface area contributed by atoms with Gasteiger partial charge in [0.15, 0.2) is 14.9 Å². The number of benzene rings is 1. The minimum absolute atomic E-state index is 0.118. The third-order valence-corrected chi connectivity index (χ3v) is 6.39. The van der Waals surface area contributed by atoms with E-state index in [9.17, 15) is 8.42 Å². The summed E-state index contributed by atoms with van der Waals surface area (Å²) in [6, 6.07) is 11.1. The molecule has 1 atom stereocenters. The number of pyridine rings is 1. The van der Waals surface area contributed by atoms with Crippen molar-refractivity contribution < 1.29 is 13.2 Å². The zero-order chi connectivity index (χ0) is 18.6. The largest absolute Gasteiger partial charge is 0.497 e. The van der Waals surface area contributed by atoms with Gasteiger partial charge < -0.3 is 15.0 Å². The van der Waals surface area contributed by atoms with Crippen LogP contribution < -0.4 is 10.1 Å². The van der Waals surface area contributed by atoms with Crippen LogP contribution in [0.4, 0.5) is 5.69 Å². The van der Waals surface area contributed by atoms with Gasteiger partial charge in [-0.1, -0.05) is 12.1 Å². The molecule has 1 saturated heterocycles. The number of anilines is 1. The molecule has 0 bridgehead atoms. The molecule has 138 valence electrons. The van der Waals surface area contributed by atoms with Crippen molar-refractivity contribution in [1.29, 1.82) is 0 Å². The Balaban J connectivity index is 1.80. The summed E-state index contributed by atoms with van der Waals surface area (Å²) in [4.78, 5) is 6.07. The van der Waals surface area contributed by atoms with Crippen molar-refractivity contribution in [3.05, 3.63) is 54.4 Å². The summed E-state index contributed by atoms with van der Waals surface area (Å²) in [5, 5.41) is 3.69. The maximum Gasteiger partial charge on any atom is 0.174 e. The van der Waals surface area contributed by atoms with E-state index in [1.165, 1.54) is 0 Å². The van der Waals surface area contributed by atoms with Crippen molar-refractivity contribution in [2.75, 3.05) is 23.9 Å². The molecule has 0 amide bonds. The Morgan fingerprint density at radius 2 is 2.23 bits per heavy atom. The molecule has 2 heterocycles. The topological polar surface area (TPSA) is 71.5 Å². The van der Waals surface area contributed by atoms with Gasteiger partial charge in [-0.2, -0.15) is 0 Å². The molecule has 1 aromatic carbocycles. The number of thiocarbonyl (C=S) groups is 1. The third-order valence-electron chi connectivity index (χ3n) is 4.31. The summed E-state index contributed by atoms with van der Waals surface area (Å²) in [5.74, 6) is 1.04. The average molecular weight is 392 g/mol. The Labute approximate surface area is 159 Å². The molecule has 1 fully saturated rings. The molecule has 6 nitrogen and oxygen atoms in total. The first-order valence-corrected chi connectivity index (χ1v) is 10.5. The minimum atomic E-state index is -3.01. The lowest BCUT2D eigenvalue weighted by atomic mass is 10.2. The number of aromatic nitrogens is 1. The van der Waals surface area contributed by atoms with Gasteiger partial charge in [-0.25, -0.2) is 8.42 Å². The molecule has 26 heavy (non-hydrogen) atoms. The summed E-state index contributed by atoms with van der Waals surface area (Å²) in [6.45, 7) is 0.504. The van der Waals surface area contributed by atoms with Crippen LogP contribution >= 0.6 is 12.2 Å². The van der Waals surface area contributed by atoms with Crippen LogP contribution in [0.25, 0.3) is 0 Å². The van der Waals surface area contributed by atoms with E-state index in [-0.39, 0.29) is 17.5 Å². The van der Waals surface area contributed by atoms with Gasteiger partial charge in [0.05, 0.1) is 18.6 Å². The Morgan fingerprint density at radius 3 is 2.88 bits per heavy atom.